The van der Waals surface area contributed by atoms with Crippen molar-refractivity contribution >= 4 is 21.6 Å². The van der Waals surface area contributed by atoms with Crippen molar-refractivity contribution in [2.45, 2.75) is 6.42 Å². The first-order chi connectivity index (χ1) is 8.66. The maximum atomic E-state index is 13.3. The Morgan fingerprint density at radius 2 is 1.89 bits per heavy atom. The minimum Gasteiger partial charge on any atom is -0.491 e. The summed E-state index contributed by atoms with van der Waals surface area (Å²) < 4.78 is 19.2. The summed E-state index contributed by atoms with van der Waals surface area (Å²) in [5.41, 5.74) is 7.35. The van der Waals surface area contributed by atoms with E-state index in [1.807, 2.05) is 30.3 Å². The zero-order valence-electron chi connectivity index (χ0n) is 9.70. The molecule has 0 aliphatic heterocycles. The van der Waals surface area contributed by atoms with Crippen molar-refractivity contribution in [2.24, 2.45) is 0 Å². The average molecular weight is 310 g/mol. The number of rotatable bonds is 4. The molecule has 2 N–H and O–H groups in total. The monoisotopic (exact) mass is 309 g/mol. The van der Waals surface area contributed by atoms with Gasteiger partial charge in [-0.05, 0) is 27.6 Å². The molecule has 2 nitrogen and oxygen atoms in total. The van der Waals surface area contributed by atoms with Crippen LogP contribution in [-0.2, 0) is 6.42 Å². The summed E-state index contributed by atoms with van der Waals surface area (Å²) in [6.45, 7) is 0.468. The molecule has 0 aliphatic carbocycles. The lowest BCUT2D eigenvalue weighted by molar-refractivity contribution is 0.322. The van der Waals surface area contributed by atoms with Gasteiger partial charge in [-0.3, -0.25) is 0 Å². The standard InChI is InChI=1S/C14H13BrFNO/c15-11-8-13(17)14(9-12(11)16)18-7-6-10-4-2-1-3-5-10/h1-5,8-9H,6-7,17H2. The van der Waals surface area contributed by atoms with Crippen LogP contribution >= 0.6 is 15.9 Å². The van der Waals surface area contributed by atoms with Crippen molar-refractivity contribution in [3.8, 4) is 5.75 Å². The molecule has 0 spiro atoms. The van der Waals surface area contributed by atoms with Gasteiger partial charge in [0.25, 0.3) is 0 Å². The van der Waals surface area contributed by atoms with Gasteiger partial charge in [0.15, 0.2) is 0 Å². The van der Waals surface area contributed by atoms with Crippen LogP contribution in [0.15, 0.2) is 46.9 Å². The normalized spacial score (nSPS) is 10.3. The van der Waals surface area contributed by atoms with E-state index in [2.05, 4.69) is 15.9 Å². The first-order valence-corrected chi connectivity index (χ1v) is 6.37. The zero-order valence-corrected chi connectivity index (χ0v) is 11.3. The van der Waals surface area contributed by atoms with Crippen LogP contribution in [0, 0.1) is 5.82 Å². The van der Waals surface area contributed by atoms with Crippen molar-refractivity contribution in [1.82, 2.24) is 0 Å². The maximum absolute atomic E-state index is 13.3. The molecule has 0 saturated carbocycles. The minimum atomic E-state index is -0.376. The van der Waals surface area contributed by atoms with Crippen LogP contribution in [0.25, 0.3) is 0 Å². The maximum Gasteiger partial charge on any atom is 0.145 e. The molecule has 94 valence electrons. The number of benzene rings is 2. The fourth-order valence-corrected chi connectivity index (χ4v) is 1.95. The highest BCUT2D eigenvalue weighted by molar-refractivity contribution is 9.10. The predicted octanol–water partition coefficient (Wildman–Crippen LogP) is 3.79. The van der Waals surface area contributed by atoms with Crippen LogP contribution in [0.5, 0.6) is 5.75 Å². The zero-order chi connectivity index (χ0) is 13.0. The molecule has 2 aromatic rings. The van der Waals surface area contributed by atoms with Gasteiger partial charge in [0, 0.05) is 12.5 Å². The van der Waals surface area contributed by atoms with Crippen LogP contribution in [0.3, 0.4) is 0 Å². The Balaban J connectivity index is 1.97. The van der Waals surface area contributed by atoms with Gasteiger partial charge in [-0.2, -0.15) is 0 Å². The Morgan fingerprint density at radius 3 is 2.61 bits per heavy atom. The summed E-state index contributed by atoms with van der Waals surface area (Å²) in [6.07, 6.45) is 0.762. The molecule has 2 aromatic carbocycles. The summed E-state index contributed by atoms with van der Waals surface area (Å²) in [4.78, 5) is 0. The number of hydrogen-bond donors (Lipinski definition) is 1. The van der Waals surface area contributed by atoms with Gasteiger partial charge in [-0.15, -0.1) is 0 Å². The van der Waals surface area contributed by atoms with Gasteiger partial charge in [0.1, 0.15) is 11.6 Å². The quantitative estimate of drug-likeness (QED) is 0.872. The number of nitrogens with two attached hydrogens (primary N) is 1. The molecule has 0 bridgehead atoms. The molecule has 4 heteroatoms. The average Bonchev–Trinajstić information content (AvgIpc) is 2.37. The molecule has 2 rings (SSSR count). The first-order valence-electron chi connectivity index (χ1n) is 5.58. The molecule has 0 radical (unpaired) electrons. The Labute approximate surface area is 114 Å². The van der Waals surface area contributed by atoms with Gasteiger partial charge in [-0.25, -0.2) is 4.39 Å². The molecule has 0 heterocycles. The van der Waals surface area contributed by atoms with E-state index in [0.29, 0.717) is 22.5 Å². The summed E-state index contributed by atoms with van der Waals surface area (Å²) in [5, 5.41) is 0. The molecule has 0 saturated heterocycles. The number of nitrogen functional groups attached to an aromatic ring is 1. The van der Waals surface area contributed by atoms with E-state index < -0.39 is 0 Å². The summed E-state index contributed by atoms with van der Waals surface area (Å²) >= 11 is 3.07. The Bertz CT molecular complexity index is 531. The highest BCUT2D eigenvalue weighted by Gasteiger charge is 2.06. The molecule has 0 atom stereocenters. The lowest BCUT2D eigenvalue weighted by Gasteiger charge is -2.09. The Morgan fingerprint density at radius 1 is 1.17 bits per heavy atom. The molecule has 0 unspecified atom stereocenters. The molecular weight excluding hydrogens is 297 g/mol. The van der Waals surface area contributed by atoms with Crippen LogP contribution in [0.1, 0.15) is 5.56 Å². The van der Waals surface area contributed by atoms with Crippen molar-refractivity contribution in [1.29, 1.82) is 0 Å². The number of hydrogen-bond acceptors (Lipinski definition) is 2. The third-order valence-corrected chi connectivity index (χ3v) is 3.15. The third-order valence-electron chi connectivity index (χ3n) is 2.54. The SMILES string of the molecule is Nc1cc(Br)c(F)cc1OCCc1ccccc1. The molecule has 18 heavy (non-hydrogen) atoms. The highest BCUT2D eigenvalue weighted by Crippen LogP contribution is 2.28. The summed E-state index contributed by atoms with van der Waals surface area (Å²) in [5.74, 6) is 0.00513. The van der Waals surface area contributed by atoms with Crippen LogP contribution < -0.4 is 10.5 Å². The van der Waals surface area contributed by atoms with Crippen LogP contribution in [0.2, 0.25) is 0 Å². The predicted molar refractivity (Wildman–Crippen MR) is 74.2 cm³/mol. The molecule has 0 aliphatic rings. The number of anilines is 1. The smallest absolute Gasteiger partial charge is 0.145 e. The van der Waals surface area contributed by atoms with E-state index in [1.165, 1.54) is 17.7 Å². The van der Waals surface area contributed by atoms with Crippen LogP contribution in [0.4, 0.5) is 10.1 Å². The van der Waals surface area contributed by atoms with Crippen molar-refractivity contribution in [3.63, 3.8) is 0 Å². The van der Waals surface area contributed by atoms with E-state index in [4.69, 9.17) is 10.5 Å². The van der Waals surface area contributed by atoms with E-state index in [1.54, 1.807) is 0 Å². The third kappa shape index (κ3) is 3.23. The molecule has 0 aromatic heterocycles. The largest absolute Gasteiger partial charge is 0.491 e. The molecular formula is C14H13BrFNO. The minimum absolute atomic E-state index is 0.343. The van der Waals surface area contributed by atoms with Gasteiger partial charge in [0.05, 0.1) is 16.8 Å². The summed E-state index contributed by atoms with van der Waals surface area (Å²) in [6, 6.07) is 12.8. The van der Waals surface area contributed by atoms with Crippen molar-refractivity contribution < 1.29 is 9.13 Å². The second-order valence-corrected chi connectivity index (χ2v) is 4.74. The van der Waals surface area contributed by atoms with Gasteiger partial charge >= 0.3 is 0 Å². The molecule has 0 amide bonds. The lowest BCUT2D eigenvalue weighted by Crippen LogP contribution is -2.04. The summed E-state index contributed by atoms with van der Waals surface area (Å²) in [7, 11) is 0. The molecule has 0 fully saturated rings. The van der Waals surface area contributed by atoms with Crippen molar-refractivity contribution in [3.05, 3.63) is 58.3 Å². The van der Waals surface area contributed by atoms with E-state index in [9.17, 15) is 4.39 Å². The van der Waals surface area contributed by atoms with E-state index in [-0.39, 0.29) is 5.82 Å². The number of halogens is 2. The topological polar surface area (TPSA) is 35.2 Å². The number of ether oxygens (including phenoxy) is 1. The Kier molecular flexibility index (Phi) is 4.20. The van der Waals surface area contributed by atoms with Gasteiger partial charge in [-0.1, -0.05) is 30.3 Å². The van der Waals surface area contributed by atoms with Crippen LogP contribution in [-0.4, -0.2) is 6.61 Å². The van der Waals surface area contributed by atoms with Gasteiger partial charge < -0.3 is 10.5 Å². The fourth-order valence-electron chi connectivity index (χ4n) is 1.59. The second kappa shape index (κ2) is 5.87. The van der Waals surface area contributed by atoms with E-state index >= 15 is 0 Å². The Hall–Kier alpha value is -1.55. The second-order valence-electron chi connectivity index (χ2n) is 3.89. The van der Waals surface area contributed by atoms with Gasteiger partial charge in [0.2, 0.25) is 0 Å². The van der Waals surface area contributed by atoms with Crippen molar-refractivity contribution in [2.75, 3.05) is 12.3 Å². The fraction of sp³-hybridized carbons (Fsp3) is 0.143. The first kappa shape index (κ1) is 12.9. The van der Waals surface area contributed by atoms with E-state index in [0.717, 1.165) is 6.42 Å². The highest BCUT2D eigenvalue weighted by atomic mass is 79.9. The lowest BCUT2D eigenvalue weighted by atomic mass is 10.2.